The van der Waals surface area contributed by atoms with Crippen LogP contribution in [0.3, 0.4) is 0 Å². The Hall–Kier alpha value is -1.80. The molecule has 2 aromatic rings. The molecule has 0 aromatic heterocycles. The Morgan fingerprint density at radius 3 is 2.50 bits per heavy atom. The van der Waals surface area contributed by atoms with Gasteiger partial charge in [-0.3, -0.25) is 0 Å². The molecular weight excluding hydrogens is 224 g/mol. The summed E-state index contributed by atoms with van der Waals surface area (Å²) in [6.07, 6.45) is 0. The van der Waals surface area contributed by atoms with Crippen LogP contribution in [-0.2, 0) is 11.3 Å². The molecule has 0 amide bonds. The highest BCUT2D eigenvalue weighted by atomic mass is 16.5. The van der Waals surface area contributed by atoms with Gasteiger partial charge in [0, 0.05) is 12.7 Å². The third-order valence-corrected chi connectivity index (χ3v) is 2.84. The molecule has 2 nitrogen and oxygen atoms in total. The minimum atomic E-state index is 0.557. The van der Waals surface area contributed by atoms with E-state index in [0.29, 0.717) is 6.61 Å². The van der Waals surface area contributed by atoms with Gasteiger partial charge in [0.2, 0.25) is 0 Å². The molecule has 0 unspecified atom stereocenters. The maximum absolute atomic E-state index is 5.99. The van der Waals surface area contributed by atoms with Crippen molar-refractivity contribution in [1.82, 2.24) is 0 Å². The average molecular weight is 242 g/mol. The predicted molar refractivity (Wildman–Crippen MR) is 73.1 cm³/mol. The second-order valence-electron chi connectivity index (χ2n) is 4.41. The Labute approximate surface area is 108 Å². The van der Waals surface area contributed by atoms with Crippen LogP contribution in [0.5, 0.6) is 11.5 Å². The van der Waals surface area contributed by atoms with Crippen molar-refractivity contribution in [3.63, 3.8) is 0 Å². The summed E-state index contributed by atoms with van der Waals surface area (Å²) in [5.74, 6) is 1.76. The van der Waals surface area contributed by atoms with Gasteiger partial charge in [-0.25, -0.2) is 0 Å². The molecule has 0 spiro atoms. The molecule has 94 valence electrons. The molecule has 2 rings (SSSR count). The van der Waals surface area contributed by atoms with Gasteiger partial charge in [-0.15, -0.1) is 0 Å². The van der Waals surface area contributed by atoms with Gasteiger partial charge < -0.3 is 9.47 Å². The fraction of sp³-hybridized carbons (Fsp3) is 0.250. The summed E-state index contributed by atoms with van der Waals surface area (Å²) in [5, 5.41) is 0. The van der Waals surface area contributed by atoms with E-state index in [9.17, 15) is 0 Å². The topological polar surface area (TPSA) is 18.5 Å². The van der Waals surface area contributed by atoms with Gasteiger partial charge in [-0.05, 0) is 37.1 Å². The van der Waals surface area contributed by atoms with Crippen molar-refractivity contribution in [2.24, 2.45) is 0 Å². The molecule has 2 heteroatoms. The maximum Gasteiger partial charge on any atom is 0.132 e. The fourth-order valence-corrected chi connectivity index (χ4v) is 1.81. The van der Waals surface area contributed by atoms with Crippen molar-refractivity contribution >= 4 is 0 Å². The fourth-order valence-electron chi connectivity index (χ4n) is 1.81. The first-order valence-corrected chi connectivity index (χ1v) is 6.02. The predicted octanol–water partition coefficient (Wildman–Crippen LogP) is 4.24. The van der Waals surface area contributed by atoms with Gasteiger partial charge in [0.15, 0.2) is 0 Å². The molecule has 0 saturated carbocycles. The molecule has 0 radical (unpaired) electrons. The summed E-state index contributed by atoms with van der Waals surface area (Å²) < 4.78 is 11.2. The van der Waals surface area contributed by atoms with Crippen LogP contribution in [0, 0.1) is 13.8 Å². The molecule has 0 aliphatic heterocycles. The van der Waals surface area contributed by atoms with Crippen molar-refractivity contribution < 1.29 is 9.47 Å². The molecular formula is C16H18O2. The summed E-state index contributed by atoms with van der Waals surface area (Å²) in [5.41, 5.74) is 3.38. The molecule has 0 fully saturated rings. The monoisotopic (exact) mass is 242 g/mol. The lowest BCUT2D eigenvalue weighted by atomic mass is 10.1. The summed E-state index contributed by atoms with van der Waals surface area (Å²) in [7, 11) is 1.69. The van der Waals surface area contributed by atoms with Crippen molar-refractivity contribution in [3.05, 3.63) is 59.2 Å². The first kappa shape index (κ1) is 12.7. The first-order chi connectivity index (χ1) is 8.70. The van der Waals surface area contributed by atoms with Crippen LogP contribution in [0.2, 0.25) is 0 Å². The van der Waals surface area contributed by atoms with Gasteiger partial charge in [-0.2, -0.15) is 0 Å². The van der Waals surface area contributed by atoms with Crippen molar-refractivity contribution in [2.75, 3.05) is 7.11 Å². The molecule has 0 N–H and O–H groups in total. The highest BCUT2D eigenvalue weighted by Gasteiger charge is 2.06. The number of ether oxygens (including phenoxy) is 2. The standard InChI is InChI=1S/C16H18O2/c1-12-8-9-13(2)16(10-12)18-15-7-5-4-6-14(15)11-17-3/h4-10H,11H2,1-3H3. The lowest BCUT2D eigenvalue weighted by Gasteiger charge is -2.13. The van der Waals surface area contributed by atoms with Crippen LogP contribution in [0.25, 0.3) is 0 Å². The van der Waals surface area contributed by atoms with E-state index in [-0.39, 0.29) is 0 Å². The minimum absolute atomic E-state index is 0.557. The number of aryl methyl sites for hydroxylation is 2. The molecule has 18 heavy (non-hydrogen) atoms. The summed E-state index contributed by atoms with van der Waals surface area (Å²) in [4.78, 5) is 0. The van der Waals surface area contributed by atoms with Crippen LogP contribution in [0.1, 0.15) is 16.7 Å². The Kier molecular flexibility index (Phi) is 4.00. The van der Waals surface area contributed by atoms with Crippen molar-refractivity contribution in [3.8, 4) is 11.5 Å². The minimum Gasteiger partial charge on any atom is -0.457 e. The molecule has 0 bridgehead atoms. The molecule has 0 atom stereocenters. The van der Waals surface area contributed by atoms with E-state index in [2.05, 4.69) is 25.1 Å². The van der Waals surface area contributed by atoms with Crippen molar-refractivity contribution in [2.45, 2.75) is 20.5 Å². The van der Waals surface area contributed by atoms with E-state index >= 15 is 0 Å². The van der Waals surface area contributed by atoms with Gasteiger partial charge in [-0.1, -0.05) is 30.3 Å². The van der Waals surface area contributed by atoms with E-state index in [1.165, 1.54) is 5.56 Å². The zero-order chi connectivity index (χ0) is 13.0. The van der Waals surface area contributed by atoms with Crippen LogP contribution < -0.4 is 4.74 Å². The van der Waals surface area contributed by atoms with E-state index in [4.69, 9.17) is 9.47 Å². The third-order valence-electron chi connectivity index (χ3n) is 2.84. The van der Waals surface area contributed by atoms with Gasteiger partial charge in [0.05, 0.1) is 6.61 Å². The number of methoxy groups -OCH3 is 1. The number of hydrogen-bond donors (Lipinski definition) is 0. The van der Waals surface area contributed by atoms with E-state index in [1.54, 1.807) is 7.11 Å². The smallest absolute Gasteiger partial charge is 0.132 e. The average Bonchev–Trinajstić information content (AvgIpc) is 2.36. The Bertz CT molecular complexity index is 532. The molecule has 0 aliphatic carbocycles. The van der Waals surface area contributed by atoms with Crippen LogP contribution in [0.4, 0.5) is 0 Å². The molecule has 2 aromatic carbocycles. The van der Waals surface area contributed by atoms with Gasteiger partial charge >= 0.3 is 0 Å². The number of hydrogen-bond acceptors (Lipinski definition) is 2. The lowest BCUT2D eigenvalue weighted by Crippen LogP contribution is -1.94. The van der Waals surface area contributed by atoms with Crippen LogP contribution in [0.15, 0.2) is 42.5 Å². The molecule has 0 aliphatic rings. The second kappa shape index (κ2) is 5.69. The Morgan fingerprint density at radius 2 is 1.72 bits per heavy atom. The summed E-state index contributed by atoms with van der Waals surface area (Å²) >= 11 is 0. The largest absolute Gasteiger partial charge is 0.457 e. The SMILES string of the molecule is COCc1ccccc1Oc1cc(C)ccc1C. The Balaban J connectivity index is 2.30. The second-order valence-corrected chi connectivity index (χ2v) is 4.41. The lowest BCUT2D eigenvalue weighted by molar-refractivity contribution is 0.182. The van der Waals surface area contributed by atoms with E-state index in [0.717, 1.165) is 22.6 Å². The highest BCUT2D eigenvalue weighted by Crippen LogP contribution is 2.28. The number of para-hydroxylation sites is 1. The highest BCUT2D eigenvalue weighted by molar-refractivity contribution is 5.42. The number of benzene rings is 2. The van der Waals surface area contributed by atoms with Crippen LogP contribution >= 0.6 is 0 Å². The van der Waals surface area contributed by atoms with Crippen LogP contribution in [-0.4, -0.2) is 7.11 Å². The summed E-state index contributed by atoms with van der Waals surface area (Å²) in [6.45, 7) is 4.67. The maximum atomic E-state index is 5.99. The molecule has 0 heterocycles. The van der Waals surface area contributed by atoms with Crippen molar-refractivity contribution in [1.29, 1.82) is 0 Å². The molecule has 0 saturated heterocycles. The normalized spacial score (nSPS) is 10.4. The van der Waals surface area contributed by atoms with Gasteiger partial charge in [0.1, 0.15) is 11.5 Å². The summed E-state index contributed by atoms with van der Waals surface area (Å²) in [6, 6.07) is 14.2. The number of rotatable bonds is 4. The zero-order valence-corrected chi connectivity index (χ0v) is 11.1. The quantitative estimate of drug-likeness (QED) is 0.798. The zero-order valence-electron chi connectivity index (χ0n) is 11.1. The van der Waals surface area contributed by atoms with E-state index < -0.39 is 0 Å². The Morgan fingerprint density at radius 1 is 0.944 bits per heavy atom. The van der Waals surface area contributed by atoms with Gasteiger partial charge in [0.25, 0.3) is 0 Å². The third kappa shape index (κ3) is 2.90. The first-order valence-electron chi connectivity index (χ1n) is 6.02. The van der Waals surface area contributed by atoms with E-state index in [1.807, 2.05) is 31.2 Å².